The number of hydrogen-bond donors (Lipinski definition) is 0. The number of benzene rings is 6. The van der Waals surface area contributed by atoms with Crippen molar-refractivity contribution < 1.29 is 0 Å². The summed E-state index contributed by atoms with van der Waals surface area (Å²) in [5.74, 6) is 0. The molecule has 2 aromatic heterocycles. The maximum atomic E-state index is 2.43. The normalized spacial score (nSPS) is 11.7. The number of nitrogens with zero attached hydrogens (tertiary/aromatic N) is 1. The predicted octanol–water partition coefficient (Wildman–Crippen LogP) is 10.5. The van der Waals surface area contributed by atoms with Crippen LogP contribution in [0.15, 0.2) is 140 Å². The molecule has 8 rings (SSSR count). The van der Waals surface area contributed by atoms with Gasteiger partial charge in [0.1, 0.15) is 0 Å². The molecule has 6 aromatic carbocycles. The van der Waals surface area contributed by atoms with Crippen molar-refractivity contribution in [2.45, 2.75) is 0 Å². The Kier molecular flexibility index (Phi) is 4.76. The Hall–Kier alpha value is -4.66. The predicted molar refractivity (Wildman–Crippen MR) is 165 cm³/mol. The molecule has 0 aliphatic carbocycles. The van der Waals surface area contributed by atoms with E-state index in [1.54, 1.807) is 0 Å². The van der Waals surface area contributed by atoms with Gasteiger partial charge in [0.25, 0.3) is 0 Å². The molecule has 0 spiro atoms. The van der Waals surface area contributed by atoms with E-state index in [4.69, 9.17) is 0 Å². The largest absolute Gasteiger partial charge is 0.309 e. The molecule has 0 aliphatic heterocycles. The standard InChI is InChI=1S/C36H23NS/c1-3-11-24(12-4-1)26-15-9-16-27(23-26)37-31-20-8-7-17-29(31)34-32(37)21-22-33-35(34)30-19-10-18-28(36(30)38-33)25-13-5-2-6-14-25/h1-23H. The van der Waals surface area contributed by atoms with E-state index in [-0.39, 0.29) is 0 Å². The minimum atomic E-state index is 1.18. The summed E-state index contributed by atoms with van der Waals surface area (Å²) < 4.78 is 5.11. The molecular weight excluding hydrogens is 478 g/mol. The third-order valence-corrected chi connectivity index (χ3v) is 8.80. The molecule has 0 amide bonds. The highest BCUT2D eigenvalue weighted by Gasteiger charge is 2.19. The Bertz CT molecular complexity index is 2110. The van der Waals surface area contributed by atoms with Gasteiger partial charge in [0.05, 0.1) is 11.0 Å². The minimum absolute atomic E-state index is 1.18. The van der Waals surface area contributed by atoms with Crippen molar-refractivity contribution in [3.63, 3.8) is 0 Å². The van der Waals surface area contributed by atoms with Gasteiger partial charge in [-0.1, -0.05) is 109 Å². The molecule has 2 heterocycles. The first kappa shape index (κ1) is 21.4. The molecule has 0 saturated carbocycles. The highest BCUT2D eigenvalue weighted by Crippen LogP contribution is 2.46. The van der Waals surface area contributed by atoms with E-state index in [0.717, 1.165) is 0 Å². The fraction of sp³-hybridized carbons (Fsp3) is 0. The first-order chi connectivity index (χ1) is 18.9. The minimum Gasteiger partial charge on any atom is -0.309 e. The molecule has 0 saturated heterocycles. The Morgan fingerprint density at radius 1 is 0.447 bits per heavy atom. The molecule has 0 aliphatic rings. The topological polar surface area (TPSA) is 4.93 Å². The first-order valence-corrected chi connectivity index (χ1v) is 13.8. The van der Waals surface area contributed by atoms with Gasteiger partial charge in [-0.15, -0.1) is 11.3 Å². The van der Waals surface area contributed by atoms with Crippen molar-refractivity contribution in [3.05, 3.63) is 140 Å². The van der Waals surface area contributed by atoms with Crippen LogP contribution in [-0.4, -0.2) is 4.57 Å². The lowest BCUT2D eigenvalue weighted by atomic mass is 10.0. The molecule has 0 N–H and O–H groups in total. The monoisotopic (exact) mass is 501 g/mol. The molecular formula is C36H23NS. The molecule has 2 heteroatoms. The Morgan fingerprint density at radius 2 is 1.13 bits per heavy atom. The van der Waals surface area contributed by atoms with Crippen LogP contribution in [-0.2, 0) is 0 Å². The van der Waals surface area contributed by atoms with Crippen molar-refractivity contribution in [1.82, 2.24) is 4.57 Å². The van der Waals surface area contributed by atoms with E-state index in [1.807, 2.05) is 11.3 Å². The lowest BCUT2D eigenvalue weighted by Gasteiger charge is -2.10. The summed E-state index contributed by atoms with van der Waals surface area (Å²) in [6.45, 7) is 0. The van der Waals surface area contributed by atoms with Crippen molar-refractivity contribution in [2.75, 3.05) is 0 Å². The van der Waals surface area contributed by atoms with Gasteiger partial charge in [-0.25, -0.2) is 0 Å². The van der Waals surface area contributed by atoms with Crippen molar-refractivity contribution in [2.24, 2.45) is 0 Å². The van der Waals surface area contributed by atoms with Gasteiger partial charge >= 0.3 is 0 Å². The number of fused-ring (bicyclic) bond motifs is 7. The summed E-state index contributed by atoms with van der Waals surface area (Å²) in [6.07, 6.45) is 0. The van der Waals surface area contributed by atoms with E-state index in [1.165, 1.54) is 69.9 Å². The summed E-state index contributed by atoms with van der Waals surface area (Å²) in [6, 6.07) is 50.5. The summed E-state index contributed by atoms with van der Waals surface area (Å²) in [5.41, 5.74) is 8.69. The third kappa shape index (κ3) is 3.17. The average molecular weight is 502 g/mol. The Balaban J connectivity index is 1.46. The van der Waals surface area contributed by atoms with Crippen LogP contribution in [0.25, 0.3) is 69.9 Å². The Morgan fingerprint density at radius 3 is 1.97 bits per heavy atom. The summed E-state index contributed by atoms with van der Waals surface area (Å²) in [4.78, 5) is 0. The van der Waals surface area contributed by atoms with Gasteiger partial charge in [0, 0.05) is 36.6 Å². The third-order valence-electron chi connectivity index (χ3n) is 7.59. The fourth-order valence-electron chi connectivity index (χ4n) is 5.93. The van der Waals surface area contributed by atoms with E-state index in [0.29, 0.717) is 0 Å². The van der Waals surface area contributed by atoms with Gasteiger partial charge in [-0.2, -0.15) is 0 Å². The second kappa shape index (κ2) is 8.44. The lowest BCUT2D eigenvalue weighted by molar-refractivity contribution is 1.18. The second-order valence-corrected chi connectivity index (χ2v) is 10.8. The van der Waals surface area contributed by atoms with Crippen LogP contribution < -0.4 is 0 Å². The molecule has 38 heavy (non-hydrogen) atoms. The number of hydrogen-bond acceptors (Lipinski definition) is 1. The highest BCUT2D eigenvalue weighted by molar-refractivity contribution is 7.26. The van der Waals surface area contributed by atoms with Gasteiger partial charge in [0.15, 0.2) is 0 Å². The van der Waals surface area contributed by atoms with Gasteiger partial charge < -0.3 is 4.57 Å². The number of rotatable bonds is 3. The fourth-order valence-corrected chi connectivity index (χ4v) is 7.17. The zero-order valence-corrected chi connectivity index (χ0v) is 21.5. The SMILES string of the molecule is c1ccc(-c2cccc(-n3c4ccccc4c4c5c(ccc43)sc3c(-c4ccccc4)cccc35)c2)cc1. The van der Waals surface area contributed by atoms with Gasteiger partial charge in [0.2, 0.25) is 0 Å². The molecule has 178 valence electrons. The van der Waals surface area contributed by atoms with Crippen LogP contribution in [0, 0.1) is 0 Å². The molecule has 0 unspecified atom stereocenters. The summed E-state index contributed by atoms with van der Waals surface area (Å²) in [5, 5.41) is 5.31. The van der Waals surface area contributed by atoms with Crippen LogP contribution in [0.5, 0.6) is 0 Å². The number of para-hydroxylation sites is 1. The maximum absolute atomic E-state index is 2.43. The smallest absolute Gasteiger partial charge is 0.0548 e. The maximum Gasteiger partial charge on any atom is 0.0548 e. The second-order valence-electron chi connectivity index (χ2n) is 9.75. The number of aromatic nitrogens is 1. The van der Waals surface area contributed by atoms with Crippen molar-refractivity contribution in [3.8, 4) is 27.9 Å². The van der Waals surface area contributed by atoms with E-state index in [2.05, 4.69) is 144 Å². The first-order valence-electron chi connectivity index (χ1n) is 13.0. The van der Waals surface area contributed by atoms with Gasteiger partial charge in [-0.3, -0.25) is 0 Å². The highest BCUT2D eigenvalue weighted by atomic mass is 32.1. The summed E-state index contributed by atoms with van der Waals surface area (Å²) >= 11 is 1.90. The number of thiophene rings is 1. The molecule has 0 radical (unpaired) electrons. The van der Waals surface area contributed by atoms with Crippen LogP contribution >= 0.6 is 11.3 Å². The van der Waals surface area contributed by atoms with E-state index < -0.39 is 0 Å². The average Bonchev–Trinajstić information content (AvgIpc) is 3.54. The van der Waals surface area contributed by atoms with Crippen LogP contribution in [0.4, 0.5) is 0 Å². The zero-order chi connectivity index (χ0) is 25.1. The van der Waals surface area contributed by atoms with E-state index >= 15 is 0 Å². The lowest BCUT2D eigenvalue weighted by Crippen LogP contribution is -1.94. The molecule has 0 atom stereocenters. The van der Waals surface area contributed by atoms with Crippen molar-refractivity contribution >= 4 is 53.3 Å². The van der Waals surface area contributed by atoms with Crippen LogP contribution in [0.3, 0.4) is 0 Å². The van der Waals surface area contributed by atoms with Crippen molar-refractivity contribution in [1.29, 1.82) is 0 Å². The van der Waals surface area contributed by atoms with Crippen LogP contribution in [0.1, 0.15) is 0 Å². The van der Waals surface area contributed by atoms with Gasteiger partial charge in [-0.05, 0) is 52.6 Å². The quantitative estimate of drug-likeness (QED) is 0.227. The zero-order valence-electron chi connectivity index (χ0n) is 20.6. The molecule has 1 nitrogen and oxygen atoms in total. The van der Waals surface area contributed by atoms with E-state index in [9.17, 15) is 0 Å². The molecule has 0 bridgehead atoms. The Labute approximate surface area is 224 Å². The molecule has 0 fully saturated rings. The summed E-state index contributed by atoms with van der Waals surface area (Å²) in [7, 11) is 0. The molecule has 8 aromatic rings. The van der Waals surface area contributed by atoms with Crippen LogP contribution in [0.2, 0.25) is 0 Å².